The van der Waals surface area contributed by atoms with Gasteiger partial charge in [-0.25, -0.2) is 0 Å². The minimum Gasteiger partial charge on any atom is -0.466 e. The average Bonchev–Trinajstić information content (AvgIpc) is 2.44. The molecule has 1 saturated heterocycles. The highest BCUT2D eigenvalue weighted by atomic mass is 16.6. The Hall–Kier alpha value is -1.06. The van der Waals surface area contributed by atoms with Crippen LogP contribution in [0.1, 0.15) is 27.7 Å². The lowest BCUT2D eigenvalue weighted by atomic mass is 9.87. The van der Waals surface area contributed by atoms with E-state index in [0.717, 1.165) is 0 Å². The Morgan fingerprint density at radius 3 is 2.60 bits per heavy atom. The van der Waals surface area contributed by atoms with Crippen LogP contribution in [-0.4, -0.2) is 24.6 Å². The largest absolute Gasteiger partial charge is 0.466 e. The summed E-state index contributed by atoms with van der Waals surface area (Å²) in [5, 5.41) is 0. The minimum absolute atomic E-state index is 0.133. The van der Waals surface area contributed by atoms with E-state index in [0.29, 0.717) is 6.61 Å². The molecule has 1 heterocycles. The van der Waals surface area contributed by atoms with Gasteiger partial charge in [-0.15, -0.1) is 0 Å². The van der Waals surface area contributed by atoms with Crippen LogP contribution < -0.4 is 0 Å². The molecule has 0 aromatic rings. The summed E-state index contributed by atoms with van der Waals surface area (Å²) >= 11 is 0. The fourth-order valence-electron chi connectivity index (χ4n) is 1.87. The van der Waals surface area contributed by atoms with E-state index in [2.05, 4.69) is 0 Å². The van der Waals surface area contributed by atoms with Crippen LogP contribution in [-0.2, 0) is 19.1 Å². The van der Waals surface area contributed by atoms with Gasteiger partial charge in [0.05, 0.1) is 12.5 Å². The minimum atomic E-state index is -0.447. The lowest BCUT2D eigenvalue weighted by Gasteiger charge is -2.20. The molecule has 86 valence electrons. The summed E-state index contributed by atoms with van der Waals surface area (Å²) in [5.41, 5.74) is 0. The van der Waals surface area contributed by atoms with E-state index in [-0.39, 0.29) is 24.0 Å². The van der Waals surface area contributed by atoms with Crippen molar-refractivity contribution in [2.75, 3.05) is 6.61 Å². The van der Waals surface area contributed by atoms with Crippen LogP contribution in [0.15, 0.2) is 0 Å². The zero-order valence-electron chi connectivity index (χ0n) is 9.65. The van der Waals surface area contributed by atoms with E-state index < -0.39 is 11.8 Å². The highest BCUT2D eigenvalue weighted by Gasteiger charge is 2.48. The molecule has 0 aromatic heterocycles. The average molecular weight is 214 g/mol. The van der Waals surface area contributed by atoms with Crippen LogP contribution in [0, 0.1) is 17.8 Å². The summed E-state index contributed by atoms with van der Waals surface area (Å²) in [6.07, 6.45) is -0.341. The monoisotopic (exact) mass is 214 g/mol. The molecule has 0 unspecified atom stereocenters. The molecule has 0 aromatic carbocycles. The van der Waals surface area contributed by atoms with E-state index in [9.17, 15) is 9.59 Å². The van der Waals surface area contributed by atoms with Gasteiger partial charge < -0.3 is 9.47 Å². The quantitative estimate of drug-likeness (QED) is 0.666. The Bertz CT molecular complexity index is 259. The van der Waals surface area contributed by atoms with Crippen LogP contribution in [0.3, 0.4) is 0 Å². The van der Waals surface area contributed by atoms with Crippen LogP contribution in [0.2, 0.25) is 0 Å². The van der Waals surface area contributed by atoms with Crippen LogP contribution in [0.25, 0.3) is 0 Å². The molecular weight excluding hydrogens is 196 g/mol. The second kappa shape index (κ2) is 4.64. The lowest BCUT2D eigenvalue weighted by molar-refractivity contribution is -0.151. The van der Waals surface area contributed by atoms with Gasteiger partial charge in [0.15, 0.2) is 0 Å². The van der Waals surface area contributed by atoms with Crippen molar-refractivity contribution < 1.29 is 19.1 Å². The first kappa shape index (κ1) is 12.0. The third kappa shape index (κ3) is 2.30. The molecular formula is C11H18O4. The topological polar surface area (TPSA) is 52.6 Å². The van der Waals surface area contributed by atoms with Crippen LogP contribution in [0.4, 0.5) is 0 Å². The van der Waals surface area contributed by atoms with Crippen molar-refractivity contribution in [3.63, 3.8) is 0 Å². The van der Waals surface area contributed by atoms with Crippen molar-refractivity contribution >= 4 is 11.9 Å². The van der Waals surface area contributed by atoms with Crippen LogP contribution >= 0.6 is 0 Å². The first-order valence-corrected chi connectivity index (χ1v) is 5.36. The molecule has 15 heavy (non-hydrogen) atoms. The van der Waals surface area contributed by atoms with E-state index in [1.54, 1.807) is 13.8 Å². The predicted octanol–water partition coefficient (Wildman–Crippen LogP) is 1.38. The third-order valence-corrected chi connectivity index (χ3v) is 2.73. The Balaban J connectivity index is 2.81. The van der Waals surface area contributed by atoms with Gasteiger partial charge in [-0.2, -0.15) is 0 Å². The number of hydrogen-bond acceptors (Lipinski definition) is 4. The Morgan fingerprint density at radius 1 is 1.53 bits per heavy atom. The Kier molecular flexibility index (Phi) is 3.72. The summed E-state index contributed by atoms with van der Waals surface area (Å²) in [7, 11) is 0. The first-order valence-electron chi connectivity index (χ1n) is 5.36. The van der Waals surface area contributed by atoms with Crippen molar-refractivity contribution in [1.82, 2.24) is 0 Å². The van der Waals surface area contributed by atoms with Gasteiger partial charge in [0, 0.05) is 0 Å². The maximum Gasteiger partial charge on any atom is 0.313 e. The van der Waals surface area contributed by atoms with Gasteiger partial charge >= 0.3 is 11.9 Å². The van der Waals surface area contributed by atoms with Gasteiger partial charge in [0.1, 0.15) is 12.0 Å². The molecule has 0 radical (unpaired) electrons. The number of carbonyl (C=O) groups excluding carboxylic acids is 2. The highest BCUT2D eigenvalue weighted by molar-refractivity contribution is 5.85. The van der Waals surface area contributed by atoms with Gasteiger partial charge in [0.25, 0.3) is 0 Å². The Morgan fingerprint density at radius 2 is 2.13 bits per heavy atom. The smallest absolute Gasteiger partial charge is 0.313 e. The molecule has 0 bridgehead atoms. The summed E-state index contributed by atoms with van der Waals surface area (Å²) < 4.78 is 10.1. The summed E-state index contributed by atoms with van der Waals surface area (Å²) in [5.74, 6) is -1.33. The first-order chi connectivity index (χ1) is 6.99. The van der Waals surface area contributed by atoms with Crippen molar-refractivity contribution in [2.45, 2.75) is 33.8 Å². The fraction of sp³-hybridized carbons (Fsp3) is 0.818. The van der Waals surface area contributed by atoms with E-state index in [4.69, 9.17) is 9.47 Å². The molecule has 0 aliphatic carbocycles. The van der Waals surface area contributed by atoms with E-state index >= 15 is 0 Å². The summed E-state index contributed by atoms with van der Waals surface area (Å²) in [6, 6.07) is 0. The number of ether oxygens (including phenoxy) is 2. The molecule has 0 saturated carbocycles. The molecule has 1 aliphatic heterocycles. The number of cyclic esters (lactones) is 1. The summed E-state index contributed by atoms with van der Waals surface area (Å²) in [4.78, 5) is 23.0. The number of hydrogen-bond donors (Lipinski definition) is 0. The molecule has 4 nitrogen and oxygen atoms in total. The number of rotatable bonds is 3. The maximum absolute atomic E-state index is 11.7. The summed E-state index contributed by atoms with van der Waals surface area (Å²) in [6.45, 7) is 7.67. The van der Waals surface area contributed by atoms with Crippen molar-refractivity contribution in [3.05, 3.63) is 0 Å². The van der Waals surface area contributed by atoms with Gasteiger partial charge in [-0.05, 0) is 12.8 Å². The Labute approximate surface area is 89.9 Å². The molecule has 4 heteroatoms. The highest BCUT2D eigenvalue weighted by Crippen LogP contribution is 2.33. The van der Waals surface area contributed by atoms with Crippen LogP contribution in [0.5, 0.6) is 0 Å². The normalized spacial score (nSPS) is 30.5. The molecule has 0 N–H and O–H groups in total. The van der Waals surface area contributed by atoms with E-state index in [1.807, 2.05) is 13.8 Å². The molecule has 0 spiro atoms. The molecule has 0 amide bonds. The SMILES string of the molecule is CCOC(=O)[C@@H]1[C@H](C)C(=O)O[C@H]1C(C)C. The van der Waals surface area contributed by atoms with Gasteiger partial charge in [0.2, 0.25) is 0 Å². The predicted molar refractivity (Wildman–Crippen MR) is 54.0 cm³/mol. The second-order valence-corrected chi connectivity index (χ2v) is 4.21. The fourth-order valence-corrected chi connectivity index (χ4v) is 1.87. The van der Waals surface area contributed by atoms with Crippen molar-refractivity contribution in [3.8, 4) is 0 Å². The maximum atomic E-state index is 11.7. The van der Waals surface area contributed by atoms with E-state index in [1.165, 1.54) is 0 Å². The molecule has 1 aliphatic rings. The number of esters is 2. The molecule has 1 rings (SSSR count). The molecule has 1 fully saturated rings. The third-order valence-electron chi connectivity index (χ3n) is 2.73. The lowest BCUT2D eigenvalue weighted by Crippen LogP contribution is -2.33. The zero-order valence-corrected chi connectivity index (χ0v) is 9.65. The zero-order chi connectivity index (χ0) is 11.6. The van der Waals surface area contributed by atoms with Gasteiger partial charge in [-0.3, -0.25) is 9.59 Å². The van der Waals surface area contributed by atoms with Crippen molar-refractivity contribution in [1.29, 1.82) is 0 Å². The van der Waals surface area contributed by atoms with Crippen molar-refractivity contribution in [2.24, 2.45) is 17.8 Å². The second-order valence-electron chi connectivity index (χ2n) is 4.21. The number of carbonyl (C=O) groups is 2. The van der Waals surface area contributed by atoms with Gasteiger partial charge in [-0.1, -0.05) is 20.8 Å². The standard InChI is InChI=1S/C11H18O4/c1-5-14-11(13)8-7(4)10(12)15-9(8)6(2)3/h6-9H,5H2,1-4H3/t7-,8+,9-/m0/s1. The molecule has 3 atom stereocenters.